The van der Waals surface area contributed by atoms with Crippen LogP contribution in [0.2, 0.25) is 0 Å². The van der Waals surface area contributed by atoms with Gasteiger partial charge < -0.3 is 24.8 Å². The maximum absolute atomic E-state index is 13.6. The van der Waals surface area contributed by atoms with Gasteiger partial charge in [-0.25, -0.2) is 14.4 Å². The Morgan fingerprint density at radius 2 is 1.35 bits per heavy atom. The smallest absolute Gasteiger partial charge is 0.337 e. The number of nitrogens with zero attached hydrogens (tertiary/aromatic N) is 1. The molecule has 4 rings (SSSR count). The highest BCUT2D eigenvalue weighted by Gasteiger charge is 2.30. The number of carboxylic acid groups (broad SMARTS) is 1. The van der Waals surface area contributed by atoms with Gasteiger partial charge in [0.25, 0.3) is 0 Å². The summed E-state index contributed by atoms with van der Waals surface area (Å²) in [6.07, 6.45) is -0.980. The van der Waals surface area contributed by atoms with Crippen LogP contribution in [0.5, 0.6) is 0 Å². The van der Waals surface area contributed by atoms with Crippen LogP contribution in [-0.4, -0.2) is 53.2 Å². The fourth-order valence-corrected chi connectivity index (χ4v) is 4.71. The minimum atomic E-state index is -1.17. The number of benzene rings is 4. The van der Waals surface area contributed by atoms with Gasteiger partial charge in [-0.2, -0.15) is 0 Å². The summed E-state index contributed by atoms with van der Waals surface area (Å²) in [5, 5.41) is 14.7. The van der Waals surface area contributed by atoms with E-state index in [1.807, 2.05) is 117 Å². The van der Waals surface area contributed by atoms with Crippen molar-refractivity contribution in [3.63, 3.8) is 0 Å². The molecule has 8 heteroatoms. The zero-order valence-corrected chi connectivity index (χ0v) is 24.5. The number of amides is 2. The first-order valence-corrected chi connectivity index (χ1v) is 14.4. The molecular weight excluding hydrogens is 544 g/mol. The number of esters is 1. The largest absolute Gasteiger partial charge is 0.480 e. The van der Waals surface area contributed by atoms with Gasteiger partial charge in [0.15, 0.2) is 6.10 Å². The second-order valence-electron chi connectivity index (χ2n) is 10.9. The molecule has 4 aromatic rings. The van der Waals surface area contributed by atoms with E-state index < -0.39 is 30.1 Å². The van der Waals surface area contributed by atoms with E-state index in [-0.39, 0.29) is 38.6 Å². The Hall–Kier alpha value is -4.69. The lowest BCUT2D eigenvalue weighted by atomic mass is 10.0. The fourth-order valence-electron chi connectivity index (χ4n) is 4.71. The van der Waals surface area contributed by atoms with E-state index in [1.165, 1.54) is 4.90 Å². The predicted octanol–water partition coefficient (Wildman–Crippen LogP) is 5.83. The van der Waals surface area contributed by atoms with Gasteiger partial charge >= 0.3 is 18.0 Å². The van der Waals surface area contributed by atoms with Crippen LogP contribution in [0.4, 0.5) is 4.79 Å². The molecule has 2 amide bonds. The summed E-state index contributed by atoms with van der Waals surface area (Å²) in [6.45, 7) is 4.27. The Morgan fingerprint density at radius 1 is 0.744 bits per heavy atom. The maximum Gasteiger partial charge on any atom is 0.337 e. The van der Waals surface area contributed by atoms with Crippen molar-refractivity contribution in [1.29, 1.82) is 0 Å². The van der Waals surface area contributed by atoms with Crippen LogP contribution in [0.1, 0.15) is 30.5 Å². The summed E-state index contributed by atoms with van der Waals surface area (Å²) in [5.41, 5.74) is 2.48. The monoisotopic (exact) mass is 582 g/mol. The number of aliphatic carboxylic acids is 1. The normalized spacial score (nSPS) is 12.4. The van der Waals surface area contributed by atoms with Crippen molar-refractivity contribution < 1.29 is 29.0 Å². The van der Waals surface area contributed by atoms with E-state index in [0.717, 1.165) is 27.5 Å². The first-order chi connectivity index (χ1) is 20.8. The molecule has 0 aliphatic rings. The molecule has 0 aliphatic carbocycles. The number of carbonyl (C=O) groups is 3. The Bertz CT molecular complexity index is 1490. The van der Waals surface area contributed by atoms with Gasteiger partial charge in [-0.1, -0.05) is 117 Å². The zero-order chi connectivity index (χ0) is 30.6. The van der Waals surface area contributed by atoms with Crippen LogP contribution in [0.25, 0.3) is 10.8 Å². The number of carbonyl (C=O) groups excluding carboxylic acids is 2. The molecule has 0 radical (unpaired) electrons. The average molecular weight is 583 g/mol. The van der Waals surface area contributed by atoms with Gasteiger partial charge in [0.1, 0.15) is 12.6 Å². The van der Waals surface area contributed by atoms with Gasteiger partial charge in [0.05, 0.1) is 13.2 Å². The zero-order valence-electron chi connectivity index (χ0n) is 24.5. The molecule has 8 nitrogen and oxygen atoms in total. The molecule has 0 spiro atoms. The van der Waals surface area contributed by atoms with Gasteiger partial charge in [-0.05, 0) is 33.4 Å². The van der Waals surface area contributed by atoms with Crippen molar-refractivity contribution in [2.45, 2.75) is 45.6 Å². The number of rotatable bonds is 14. The maximum atomic E-state index is 13.6. The van der Waals surface area contributed by atoms with Crippen molar-refractivity contribution in [2.24, 2.45) is 5.92 Å². The minimum Gasteiger partial charge on any atom is -0.480 e. The molecule has 0 saturated carbocycles. The van der Waals surface area contributed by atoms with E-state index in [2.05, 4.69) is 5.32 Å². The Morgan fingerprint density at radius 3 is 1.98 bits per heavy atom. The third-order valence-corrected chi connectivity index (χ3v) is 6.89. The summed E-state index contributed by atoms with van der Waals surface area (Å²) < 4.78 is 11.6. The molecule has 0 fully saturated rings. The minimum absolute atomic E-state index is 0.0460. The second kappa shape index (κ2) is 15.5. The second-order valence-corrected chi connectivity index (χ2v) is 10.9. The average Bonchev–Trinajstić information content (AvgIpc) is 3.01. The van der Waals surface area contributed by atoms with Gasteiger partial charge in [0, 0.05) is 13.0 Å². The molecule has 2 atom stereocenters. The van der Waals surface area contributed by atoms with Crippen LogP contribution in [-0.2, 0) is 38.7 Å². The standard InChI is InChI=1S/C35H38N2O6/c1-25(2)21-37(35(41)36-31(33(38)39)20-28-17-18-29-15-9-10-16-30(29)19-28)22-32(42-23-26-11-5-3-6-12-26)34(40)43-24-27-13-7-4-8-14-27/h3-19,25,31-32H,20-24H2,1-2H3,(H,36,41)(H,38,39)/t31-,32-/m0/s1. The van der Waals surface area contributed by atoms with Gasteiger partial charge in [-0.15, -0.1) is 0 Å². The summed E-state index contributed by atoms with van der Waals surface area (Å²) >= 11 is 0. The number of hydrogen-bond acceptors (Lipinski definition) is 5. The predicted molar refractivity (Wildman–Crippen MR) is 165 cm³/mol. The number of nitrogens with one attached hydrogen (secondary N) is 1. The molecular formula is C35H38N2O6. The molecule has 224 valence electrons. The highest BCUT2D eigenvalue weighted by molar-refractivity contribution is 5.85. The molecule has 2 N–H and O–H groups in total. The number of urea groups is 1. The molecule has 0 heterocycles. The van der Waals surface area contributed by atoms with Crippen LogP contribution in [0, 0.1) is 5.92 Å². The lowest BCUT2D eigenvalue weighted by Crippen LogP contribution is -2.52. The third kappa shape index (κ3) is 9.68. The van der Waals surface area contributed by atoms with Crippen LogP contribution < -0.4 is 5.32 Å². The molecule has 4 aromatic carbocycles. The van der Waals surface area contributed by atoms with E-state index >= 15 is 0 Å². The molecule has 0 saturated heterocycles. The molecule has 43 heavy (non-hydrogen) atoms. The van der Waals surface area contributed by atoms with Crippen molar-refractivity contribution in [1.82, 2.24) is 10.2 Å². The Balaban J connectivity index is 1.48. The third-order valence-electron chi connectivity index (χ3n) is 6.89. The van der Waals surface area contributed by atoms with Crippen molar-refractivity contribution in [3.8, 4) is 0 Å². The summed E-state index contributed by atoms with van der Waals surface area (Å²) in [7, 11) is 0. The Kier molecular flexibility index (Phi) is 11.3. The van der Waals surface area contributed by atoms with Gasteiger partial charge in [-0.3, -0.25) is 0 Å². The van der Waals surface area contributed by atoms with Crippen LogP contribution >= 0.6 is 0 Å². The number of ether oxygens (including phenoxy) is 2. The SMILES string of the molecule is CC(C)CN(C[C@H](OCc1ccccc1)C(=O)OCc1ccccc1)C(=O)N[C@@H](Cc1ccc2ccccc2c1)C(=O)O. The quantitative estimate of drug-likeness (QED) is 0.181. The summed E-state index contributed by atoms with van der Waals surface area (Å²) in [6, 6.07) is 30.5. The van der Waals surface area contributed by atoms with E-state index in [4.69, 9.17) is 9.47 Å². The Labute approximate surface area is 252 Å². The first kappa shape index (κ1) is 31.3. The van der Waals surface area contributed by atoms with Crippen molar-refractivity contribution in [3.05, 3.63) is 120 Å². The van der Waals surface area contributed by atoms with E-state index in [0.29, 0.717) is 0 Å². The molecule has 0 bridgehead atoms. The molecule has 0 unspecified atom stereocenters. The molecule has 0 aliphatic heterocycles. The fraction of sp³-hybridized carbons (Fsp3) is 0.286. The molecule has 0 aromatic heterocycles. The summed E-state index contributed by atoms with van der Waals surface area (Å²) in [4.78, 5) is 40.5. The van der Waals surface area contributed by atoms with E-state index in [1.54, 1.807) is 0 Å². The van der Waals surface area contributed by atoms with Crippen LogP contribution in [0.3, 0.4) is 0 Å². The van der Waals surface area contributed by atoms with Gasteiger partial charge in [0.2, 0.25) is 0 Å². The first-order valence-electron chi connectivity index (χ1n) is 14.4. The summed E-state index contributed by atoms with van der Waals surface area (Å²) in [5.74, 6) is -1.71. The number of hydrogen-bond donors (Lipinski definition) is 2. The van der Waals surface area contributed by atoms with Crippen LogP contribution in [0.15, 0.2) is 103 Å². The van der Waals surface area contributed by atoms with E-state index in [9.17, 15) is 19.5 Å². The van der Waals surface area contributed by atoms with Crippen molar-refractivity contribution in [2.75, 3.05) is 13.1 Å². The highest BCUT2D eigenvalue weighted by atomic mass is 16.6. The number of fused-ring (bicyclic) bond motifs is 1. The lowest BCUT2D eigenvalue weighted by molar-refractivity contribution is -0.160. The topological polar surface area (TPSA) is 105 Å². The van der Waals surface area contributed by atoms with Crippen molar-refractivity contribution >= 4 is 28.7 Å². The highest BCUT2D eigenvalue weighted by Crippen LogP contribution is 2.17. The lowest BCUT2D eigenvalue weighted by Gasteiger charge is -2.29. The number of carboxylic acids is 1.